The number of methoxy groups -OCH3 is 1. The minimum absolute atomic E-state index is 0.0748. The Labute approximate surface area is 139 Å². The highest BCUT2D eigenvalue weighted by atomic mass is 16.5. The molecule has 1 aromatic carbocycles. The first kappa shape index (κ1) is 16.0. The van der Waals surface area contributed by atoms with Gasteiger partial charge in [0.15, 0.2) is 0 Å². The lowest BCUT2D eigenvalue weighted by atomic mass is 10.1. The number of nitrogens with zero attached hydrogens (tertiary/aromatic N) is 2. The molecule has 1 aliphatic rings. The first-order valence-corrected chi connectivity index (χ1v) is 7.72. The molecule has 0 spiro atoms. The van der Waals surface area contributed by atoms with Gasteiger partial charge in [0, 0.05) is 24.3 Å². The van der Waals surface area contributed by atoms with Crippen LogP contribution < -0.4 is 4.74 Å². The van der Waals surface area contributed by atoms with Crippen LogP contribution in [0.4, 0.5) is 0 Å². The van der Waals surface area contributed by atoms with Crippen LogP contribution in [0.2, 0.25) is 0 Å². The molecule has 0 saturated heterocycles. The molecule has 3 rings (SSSR count). The zero-order valence-corrected chi connectivity index (χ0v) is 13.3. The van der Waals surface area contributed by atoms with Crippen molar-refractivity contribution in [3.05, 3.63) is 59.4 Å². The van der Waals surface area contributed by atoms with Gasteiger partial charge in [-0.2, -0.15) is 0 Å². The Bertz CT molecular complexity index is 754. The van der Waals surface area contributed by atoms with Crippen molar-refractivity contribution >= 4 is 11.9 Å². The first-order valence-electron chi connectivity index (χ1n) is 7.72. The second-order valence-electron chi connectivity index (χ2n) is 5.71. The lowest BCUT2D eigenvalue weighted by Crippen LogP contribution is -2.32. The Morgan fingerprint density at radius 1 is 1.25 bits per heavy atom. The number of carboxylic acid groups (broad SMARTS) is 1. The Kier molecular flexibility index (Phi) is 4.46. The number of hydrogen-bond acceptors (Lipinski definition) is 4. The van der Waals surface area contributed by atoms with Gasteiger partial charge < -0.3 is 14.7 Å². The second-order valence-corrected chi connectivity index (χ2v) is 5.71. The molecule has 1 amide bonds. The van der Waals surface area contributed by atoms with E-state index in [1.165, 1.54) is 18.3 Å². The van der Waals surface area contributed by atoms with Gasteiger partial charge in [-0.25, -0.2) is 9.78 Å². The van der Waals surface area contributed by atoms with Crippen LogP contribution in [0.25, 0.3) is 0 Å². The number of carbonyl (C=O) groups excluding carboxylic acids is 1. The minimum atomic E-state index is -1.11. The molecule has 1 saturated carbocycles. The van der Waals surface area contributed by atoms with Gasteiger partial charge in [-0.15, -0.1) is 0 Å². The van der Waals surface area contributed by atoms with Crippen molar-refractivity contribution in [1.29, 1.82) is 0 Å². The molecule has 0 bridgehead atoms. The zero-order chi connectivity index (χ0) is 17.1. The van der Waals surface area contributed by atoms with E-state index in [0.29, 0.717) is 12.1 Å². The first-order chi connectivity index (χ1) is 11.6. The largest absolute Gasteiger partial charge is 0.496 e. The summed E-state index contributed by atoms with van der Waals surface area (Å²) in [6, 6.07) is 10.7. The van der Waals surface area contributed by atoms with Crippen LogP contribution in [0.3, 0.4) is 0 Å². The van der Waals surface area contributed by atoms with E-state index in [2.05, 4.69) is 4.98 Å². The molecular formula is C18H18N2O4. The number of pyridine rings is 1. The maximum absolute atomic E-state index is 12.8. The smallest absolute Gasteiger partial charge is 0.354 e. The second kappa shape index (κ2) is 6.70. The number of aromatic carboxylic acids is 1. The average molecular weight is 326 g/mol. The molecule has 1 fully saturated rings. The fourth-order valence-electron chi connectivity index (χ4n) is 2.58. The summed E-state index contributed by atoms with van der Waals surface area (Å²) in [6.45, 7) is 0.453. The molecule has 1 aliphatic carbocycles. The molecule has 0 aliphatic heterocycles. The van der Waals surface area contributed by atoms with Crippen molar-refractivity contribution in [2.75, 3.05) is 7.11 Å². The van der Waals surface area contributed by atoms with Crippen molar-refractivity contribution in [2.45, 2.75) is 25.4 Å². The van der Waals surface area contributed by atoms with Gasteiger partial charge in [0.05, 0.1) is 12.7 Å². The summed E-state index contributed by atoms with van der Waals surface area (Å²) in [5, 5.41) is 8.90. The lowest BCUT2D eigenvalue weighted by Gasteiger charge is -2.23. The normalized spacial score (nSPS) is 13.4. The lowest BCUT2D eigenvalue weighted by molar-refractivity contribution is 0.0685. The van der Waals surface area contributed by atoms with Crippen LogP contribution in [0.1, 0.15) is 39.3 Å². The fourth-order valence-corrected chi connectivity index (χ4v) is 2.58. The van der Waals surface area contributed by atoms with Crippen molar-refractivity contribution in [1.82, 2.24) is 9.88 Å². The monoisotopic (exact) mass is 326 g/mol. The van der Waals surface area contributed by atoms with E-state index in [-0.39, 0.29) is 17.6 Å². The molecule has 0 unspecified atom stereocenters. The van der Waals surface area contributed by atoms with E-state index in [0.717, 1.165) is 24.2 Å². The highest BCUT2D eigenvalue weighted by Crippen LogP contribution is 2.31. The Morgan fingerprint density at radius 2 is 2.00 bits per heavy atom. The topological polar surface area (TPSA) is 79.7 Å². The third-order valence-electron chi connectivity index (χ3n) is 4.01. The van der Waals surface area contributed by atoms with Gasteiger partial charge in [0.2, 0.25) is 0 Å². The fraction of sp³-hybridized carbons (Fsp3) is 0.278. The third-order valence-corrected chi connectivity index (χ3v) is 4.01. The molecule has 2 aromatic rings. The van der Waals surface area contributed by atoms with Crippen molar-refractivity contribution in [3.63, 3.8) is 0 Å². The summed E-state index contributed by atoms with van der Waals surface area (Å²) >= 11 is 0. The van der Waals surface area contributed by atoms with Crippen LogP contribution in [-0.4, -0.2) is 40.0 Å². The molecule has 0 radical (unpaired) electrons. The SMILES string of the molecule is COc1ccccc1CN(C(=O)c1ccc(C(=O)O)nc1)C1CC1. The van der Waals surface area contributed by atoms with Crippen LogP contribution in [0, 0.1) is 0 Å². The molecule has 0 atom stereocenters. The van der Waals surface area contributed by atoms with Gasteiger partial charge in [-0.05, 0) is 31.0 Å². The van der Waals surface area contributed by atoms with Crippen molar-refractivity contribution in [3.8, 4) is 5.75 Å². The number of rotatable bonds is 6. The Morgan fingerprint density at radius 3 is 2.58 bits per heavy atom. The van der Waals surface area contributed by atoms with Gasteiger partial charge in [0.25, 0.3) is 5.91 Å². The highest BCUT2D eigenvalue weighted by molar-refractivity contribution is 5.95. The van der Waals surface area contributed by atoms with Crippen LogP contribution in [-0.2, 0) is 6.54 Å². The van der Waals surface area contributed by atoms with E-state index in [9.17, 15) is 9.59 Å². The number of para-hydroxylation sites is 1. The summed E-state index contributed by atoms with van der Waals surface area (Å²) < 4.78 is 5.36. The van der Waals surface area contributed by atoms with Crippen LogP contribution in [0.5, 0.6) is 5.75 Å². The van der Waals surface area contributed by atoms with Gasteiger partial charge in [-0.3, -0.25) is 4.79 Å². The maximum Gasteiger partial charge on any atom is 0.354 e. The molecule has 1 heterocycles. The standard InChI is InChI=1S/C18H18N2O4/c1-24-16-5-3-2-4-13(16)11-20(14-7-8-14)17(21)12-6-9-15(18(22)23)19-10-12/h2-6,9-10,14H,7-8,11H2,1H3,(H,22,23). The number of benzene rings is 1. The number of carboxylic acids is 1. The van der Waals surface area contributed by atoms with E-state index in [1.807, 2.05) is 24.3 Å². The molecule has 24 heavy (non-hydrogen) atoms. The highest BCUT2D eigenvalue weighted by Gasteiger charge is 2.33. The number of amides is 1. The summed E-state index contributed by atoms with van der Waals surface area (Å²) in [7, 11) is 1.61. The molecular weight excluding hydrogens is 308 g/mol. The maximum atomic E-state index is 12.8. The zero-order valence-electron chi connectivity index (χ0n) is 13.3. The molecule has 6 nitrogen and oxygen atoms in total. The summed E-state index contributed by atoms with van der Waals surface area (Å²) in [5.41, 5.74) is 1.26. The van der Waals surface area contributed by atoms with Gasteiger partial charge in [0.1, 0.15) is 11.4 Å². The predicted molar refractivity (Wildman–Crippen MR) is 87.1 cm³/mol. The average Bonchev–Trinajstić information content (AvgIpc) is 3.44. The van der Waals surface area contributed by atoms with Gasteiger partial charge >= 0.3 is 5.97 Å². The van der Waals surface area contributed by atoms with Crippen molar-refractivity contribution < 1.29 is 19.4 Å². The minimum Gasteiger partial charge on any atom is -0.496 e. The molecule has 1 N–H and O–H groups in total. The Balaban J connectivity index is 1.83. The summed E-state index contributed by atoms with van der Waals surface area (Å²) in [6.07, 6.45) is 3.27. The number of carbonyl (C=O) groups is 2. The molecule has 6 heteroatoms. The summed E-state index contributed by atoms with van der Waals surface area (Å²) in [4.78, 5) is 29.3. The Hall–Kier alpha value is -2.89. The molecule has 124 valence electrons. The van der Waals surface area contributed by atoms with Crippen LogP contribution >= 0.6 is 0 Å². The van der Waals surface area contributed by atoms with E-state index in [1.54, 1.807) is 12.0 Å². The quantitative estimate of drug-likeness (QED) is 0.882. The van der Waals surface area contributed by atoms with Gasteiger partial charge in [-0.1, -0.05) is 18.2 Å². The van der Waals surface area contributed by atoms with E-state index in [4.69, 9.17) is 9.84 Å². The molecule has 1 aromatic heterocycles. The number of aromatic nitrogens is 1. The van der Waals surface area contributed by atoms with Crippen LogP contribution in [0.15, 0.2) is 42.6 Å². The number of ether oxygens (including phenoxy) is 1. The van der Waals surface area contributed by atoms with E-state index < -0.39 is 5.97 Å². The van der Waals surface area contributed by atoms with Crippen molar-refractivity contribution in [2.24, 2.45) is 0 Å². The summed E-state index contributed by atoms with van der Waals surface area (Å²) in [5.74, 6) is -0.509. The third kappa shape index (κ3) is 3.37. The number of hydrogen-bond donors (Lipinski definition) is 1. The predicted octanol–water partition coefficient (Wildman–Crippen LogP) is 2.59. The van der Waals surface area contributed by atoms with E-state index >= 15 is 0 Å².